The molecule has 1 unspecified atom stereocenters. The second kappa shape index (κ2) is 3.90. The first-order valence-corrected chi connectivity index (χ1v) is 5.83. The van der Waals surface area contributed by atoms with Gasteiger partial charge < -0.3 is 10.1 Å². The first-order chi connectivity index (χ1) is 8.28. The van der Waals surface area contributed by atoms with E-state index < -0.39 is 5.72 Å². The van der Waals surface area contributed by atoms with Crippen LogP contribution in [0.2, 0.25) is 0 Å². The lowest BCUT2D eigenvalue weighted by molar-refractivity contribution is -0.0337. The van der Waals surface area contributed by atoms with Gasteiger partial charge in [-0.1, -0.05) is 48.5 Å². The summed E-state index contributed by atoms with van der Waals surface area (Å²) in [6.07, 6.45) is 0. The second-order valence-electron chi connectivity index (χ2n) is 4.47. The first kappa shape index (κ1) is 10.4. The molecule has 1 N–H and O–H groups in total. The van der Waals surface area contributed by atoms with Gasteiger partial charge in [0.2, 0.25) is 0 Å². The topological polar surface area (TPSA) is 21.3 Å². The smallest absolute Gasteiger partial charge is 0.162 e. The van der Waals surface area contributed by atoms with Crippen molar-refractivity contribution in [2.45, 2.75) is 19.3 Å². The van der Waals surface area contributed by atoms with Gasteiger partial charge in [-0.2, -0.15) is 0 Å². The number of ether oxygens (including phenoxy) is 1. The lowest BCUT2D eigenvalue weighted by atomic mass is 10.0. The van der Waals surface area contributed by atoms with Crippen molar-refractivity contribution in [2.24, 2.45) is 0 Å². The molecule has 1 atom stereocenters. The summed E-state index contributed by atoms with van der Waals surface area (Å²) in [6, 6.07) is 18.5. The van der Waals surface area contributed by atoms with Crippen molar-refractivity contribution in [2.75, 3.05) is 5.32 Å². The lowest BCUT2D eigenvalue weighted by Gasteiger charge is -2.37. The van der Waals surface area contributed by atoms with Gasteiger partial charge in [0.05, 0.1) is 6.61 Å². The van der Waals surface area contributed by atoms with E-state index in [1.54, 1.807) is 0 Å². The SMILES string of the molecule is CC1(c2ccccc2)Nc2ccccc2CO1. The van der Waals surface area contributed by atoms with Crippen LogP contribution in [0.5, 0.6) is 0 Å². The summed E-state index contributed by atoms with van der Waals surface area (Å²) in [5, 5.41) is 3.47. The Labute approximate surface area is 101 Å². The van der Waals surface area contributed by atoms with E-state index in [0.717, 1.165) is 11.3 Å². The number of benzene rings is 2. The molecule has 0 bridgehead atoms. The van der Waals surface area contributed by atoms with Gasteiger partial charge in [0.15, 0.2) is 5.72 Å². The van der Waals surface area contributed by atoms with Crippen LogP contribution in [0, 0.1) is 0 Å². The summed E-state index contributed by atoms with van der Waals surface area (Å²) in [6.45, 7) is 2.72. The summed E-state index contributed by atoms with van der Waals surface area (Å²) >= 11 is 0. The van der Waals surface area contributed by atoms with E-state index in [9.17, 15) is 0 Å². The Balaban J connectivity index is 1.98. The number of nitrogens with one attached hydrogen (secondary N) is 1. The van der Waals surface area contributed by atoms with Crippen molar-refractivity contribution in [3.63, 3.8) is 0 Å². The summed E-state index contributed by atoms with van der Waals surface area (Å²) < 4.78 is 5.97. The zero-order valence-electron chi connectivity index (χ0n) is 9.81. The highest BCUT2D eigenvalue weighted by Gasteiger charge is 2.31. The summed E-state index contributed by atoms with van der Waals surface area (Å²) in [4.78, 5) is 0. The van der Waals surface area contributed by atoms with Gasteiger partial charge in [0, 0.05) is 16.8 Å². The molecule has 2 aromatic carbocycles. The Hall–Kier alpha value is -1.80. The summed E-state index contributed by atoms with van der Waals surface area (Å²) in [5.41, 5.74) is 3.08. The standard InChI is InChI=1S/C15H15NO/c1-15(13-8-3-2-4-9-13)16-14-10-6-5-7-12(14)11-17-15/h2-10,16H,11H2,1H3. The van der Waals surface area contributed by atoms with Crippen molar-refractivity contribution in [3.05, 3.63) is 65.7 Å². The minimum Gasteiger partial charge on any atom is -0.354 e. The summed E-state index contributed by atoms with van der Waals surface area (Å²) in [7, 11) is 0. The predicted molar refractivity (Wildman–Crippen MR) is 68.6 cm³/mol. The van der Waals surface area contributed by atoms with E-state index in [0.29, 0.717) is 6.61 Å². The van der Waals surface area contributed by atoms with E-state index in [-0.39, 0.29) is 0 Å². The molecule has 0 aromatic heterocycles. The maximum absolute atomic E-state index is 5.97. The minimum absolute atomic E-state index is 0.435. The molecule has 3 rings (SSSR count). The number of fused-ring (bicyclic) bond motifs is 1. The Kier molecular flexibility index (Phi) is 2.37. The van der Waals surface area contributed by atoms with Crippen LogP contribution < -0.4 is 5.32 Å². The van der Waals surface area contributed by atoms with Crippen LogP contribution in [0.15, 0.2) is 54.6 Å². The van der Waals surface area contributed by atoms with E-state index in [1.165, 1.54) is 5.56 Å². The maximum atomic E-state index is 5.97. The van der Waals surface area contributed by atoms with Gasteiger partial charge in [0.25, 0.3) is 0 Å². The van der Waals surface area contributed by atoms with Crippen molar-refractivity contribution < 1.29 is 4.74 Å². The van der Waals surface area contributed by atoms with Gasteiger partial charge in [0.1, 0.15) is 0 Å². The van der Waals surface area contributed by atoms with Gasteiger partial charge >= 0.3 is 0 Å². The molecule has 1 aliphatic rings. The fourth-order valence-electron chi connectivity index (χ4n) is 2.19. The van der Waals surface area contributed by atoms with Crippen LogP contribution in [0.25, 0.3) is 0 Å². The highest BCUT2D eigenvalue weighted by Crippen LogP contribution is 2.34. The number of anilines is 1. The van der Waals surface area contributed by atoms with Gasteiger partial charge in [-0.15, -0.1) is 0 Å². The molecule has 0 saturated carbocycles. The van der Waals surface area contributed by atoms with Crippen LogP contribution in [0.3, 0.4) is 0 Å². The molecular formula is C15H15NO. The largest absolute Gasteiger partial charge is 0.354 e. The van der Waals surface area contributed by atoms with Crippen molar-refractivity contribution >= 4 is 5.69 Å². The molecule has 2 nitrogen and oxygen atoms in total. The zero-order valence-corrected chi connectivity index (χ0v) is 9.81. The average Bonchev–Trinajstić information content (AvgIpc) is 2.40. The van der Waals surface area contributed by atoms with E-state index >= 15 is 0 Å². The van der Waals surface area contributed by atoms with Crippen LogP contribution in [-0.2, 0) is 17.1 Å². The Morgan fingerprint density at radius 3 is 2.53 bits per heavy atom. The van der Waals surface area contributed by atoms with Crippen molar-refractivity contribution in [1.29, 1.82) is 0 Å². The molecule has 0 amide bonds. The Morgan fingerprint density at radius 2 is 1.71 bits per heavy atom. The number of hydrogen-bond acceptors (Lipinski definition) is 2. The minimum atomic E-state index is -0.435. The van der Waals surface area contributed by atoms with Gasteiger partial charge in [-0.3, -0.25) is 0 Å². The first-order valence-electron chi connectivity index (χ1n) is 5.83. The van der Waals surface area contributed by atoms with Crippen LogP contribution in [0.1, 0.15) is 18.1 Å². The molecule has 2 aromatic rings. The van der Waals surface area contributed by atoms with Crippen LogP contribution in [0.4, 0.5) is 5.69 Å². The normalized spacial score (nSPS) is 22.6. The van der Waals surface area contributed by atoms with Crippen LogP contribution in [-0.4, -0.2) is 0 Å². The number of para-hydroxylation sites is 1. The third kappa shape index (κ3) is 1.81. The molecule has 17 heavy (non-hydrogen) atoms. The highest BCUT2D eigenvalue weighted by atomic mass is 16.5. The lowest BCUT2D eigenvalue weighted by Crippen LogP contribution is -2.38. The molecule has 0 aliphatic carbocycles. The molecular weight excluding hydrogens is 210 g/mol. The van der Waals surface area contributed by atoms with Crippen molar-refractivity contribution in [3.8, 4) is 0 Å². The van der Waals surface area contributed by atoms with Gasteiger partial charge in [-0.05, 0) is 13.0 Å². The van der Waals surface area contributed by atoms with E-state index in [4.69, 9.17) is 4.74 Å². The van der Waals surface area contributed by atoms with Crippen molar-refractivity contribution in [1.82, 2.24) is 0 Å². The summed E-state index contributed by atoms with van der Waals surface area (Å²) in [5.74, 6) is 0. The maximum Gasteiger partial charge on any atom is 0.162 e. The molecule has 86 valence electrons. The third-order valence-electron chi connectivity index (χ3n) is 3.23. The third-order valence-corrected chi connectivity index (χ3v) is 3.23. The molecule has 0 fully saturated rings. The Morgan fingerprint density at radius 1 is 1.00 bits per heavy atom. The average molecular weight is 225 g/mol. The molecule has 0 radical (unpaired) electrons. The van der Waals surface area contributed by atoms with E-state index in [2.05, 4.69) is 36.5 Å². The van der Waals surface area contributed by atoms with Crippen LogP contribution >= 0.6 is 0 Å². The van der Waals surface area contributed by atoms with Gasteiger partial charge in [-0.25, -0.2) is 0 Å². The van der Waals surface area contributed by atoms with E-state index in [1.807, 2.05) is 30.3 Å². The fraction of sp³-hybridized carbons (Fsp3) is 0.200. The molecule has 1 aliphatic heterocycles. The predicted octanol–water partition coefficient (Wildman–Crippen LogP) is 3.50. The molecule has 0 saturated heterocycles. The highest BCUT2D eigenvalue weighted by molar-refractivity contribution is 5.54. The molecule has 0 spiro atoms. The quantitative estimate of drug-likeness (QED) is 0.802. The number of rotatable bonds is 1. The Bertz CT molecular complexity index is 523. The fourth-order valence-corrected chi connectivity index (χ4v) is 2.19. The molecule has 2 heteroatoms. The monoisotopic (exact) mass is 225 g/mol. The molecule has 1 heterocycles. The zero-order chi connectivity index (χ0) is 11.7. The number of hydrogen-bond donors (Lipinski definition) is 1. The second-order valence-corrected chi connectivity index (χ2v) is 4.47.